The summed E-state index contributed by atoms with van der Waals surface area (Å²) in [5.74, 6) is 0. The molecule has 17 heavy (non-hydrogen) atoms. The third-order valence-electron chi connectivity index (χ3n) is 3.64. The van der Waals surface area contributed by atoms with Crippen molar-refractivity contribution in [3.63, 3.8) is 0 Å². The second-order valence-corrected chi connectivity index (χ2v) is 6.01. The number of ether oxygens (including phenoxy) is 1. The first-order valence-electron chi connectivity index (χ1n) is 5.69. The molecule has 0 aliphatic carbocycles. The van der Waals surface area contributed by atoms with Crippen LogP contribution in [-0.2, 0) is 9.53 Å². The number of hydrogen-bond acceptors (Lipinski definition) is 3. The highest BCUT2D eigenvalue weighted by Crippen LogP contribution is 2.47. The predicted octanol–water partition coefficient (Wildman–Crippen LogP) is 2.11. The molecule has 1 aliphatic rings. The Kier molecular flexibility index (Phi) is 3.27. The largest absolute Gasteiger partial charge is 0.465 e. The Morgan fingerprint density at radius 3 is 2.35 bits per heavy atom. The molecular formula is C12H21NO4. The molecular weight excluding hydrogens is 222 g/mol. The zero-order chi connectivity index (χ0) is 13.5. The van der Waals surface area contributed by atoms with Gasteiger partial charge in [0.15, 0.2) is 0 Å². The van der Waals surface area contributed by atoms with Crippen LogP contribution in [0, 0.1) is 5.41 Å². The minimum absolute atomic E-state index is 0.145. The van der Waals surface area contributed by atoms with Crippen LogP contribution in [0.4, 0.5) is 4.79 Å². The topological polar surface area (TPSA) is 66.8 Å². The van der Waals surface area contributed by atoms with E-state index in [9.17, 15) is 14.7 Å². The second kappa shape index (κ2) is 3.98. The molecule has 0 aromatic carbocycles. The summed E-state index contributed by atoms with van der Waals surface area (Å²) in [6.07, 6.45) is -0.137. The van der Waals surface area contributed by atoms with Crippen LogP contribution in [0.15, 0.2) is 0 Å². The van der Waals surface area contributed by atoms with Crippen LogP contribution in [0.25, 0.3) is 0 Å². The number of carbonyl (C=O) groups excluding carboxylic acids is 1. The van der Waals surface area contributed by atoms with E-state index in [0.717, 1.165) is 6.29 Å². The van der Waals surface area contributed by atoms with Crippen LogP contribution in [0.2, 0.25) is 0 Å². The van der Waals surface area contributed by atoms with E-state index in [4.69, 9.17) is 4.74 Å². The molecule has 1 rings (SSSR count). The zero-order valence-electron chi connectivity index (χ0n) is 11.1. The van der Waals surface area contributed by atoms with Crippen molar-refractivity contribution in [2.24, 2.45) is 5.41 Å². The van der Waals surface area contributed by atoms with E-state index >= 15 is 0 Å². The molecule has 5 heteroatoms. The van der Waals surface area contributed by atoms with Gasteiger partial charge < -0.3 is 14.6 Å². The van der Waals surface area contributed by atoms with Gasteiger partial charge in [-0.15, -0.1) is 0 Å². The summed E-state index contributed by atoms with van der Waals surface area (Å²) in [6, 6.07) is 0. The van der Waals surface area contributed by atoms with Crippen molar-refractivity contribution in [3.05, 3.63) is 0 Å². The quantitative estimate of drug-likeness (QED) is 0.754. The predicted molar refractivity (Wildman–Crippen MR) is 62.8 cm³/mol. The van der Waals surface area contributed by atoms with Crippen molar-refractivity contribution in [1.29, 1.82) is 0 Å². The standard InChI is InChI=1S/C12H21NO4/c1-10(2,3)12(6-7-14)8-17-11(4,5)13(12)9(15)16/h7H,6,8H2,1-5H3,(H,15,16). The maximum atomic E-state index is 11.5. The van der Waals surface area contributed by atoms with Crippen molar-refractivity contribution in [2.45, 2.75) is 52.3 Å². The summed E-state index contributed by atoms with van der Waals surface area (Å²) in [7, 11) is 0. The highest BCUT2D eigenvalue weighted by atomic mass is 16.5. The summed E-state index contributed by atoms with van der Waals surface area (Å²) in [6.45, 7) is 9.44. The third-order valence-corrected chi connectivity index (χ3v) is 3.64. The van der Waals surface area contributed by atoms with Gasteiger partial charge in [-0.3, -0.25) is 4.90 Å². The van der Waals surface area contributed by atoms with Gasteiger partial charge in [0.1, 0.15) is 12.0 Å². The lowest BCUT2D eigenvalue weighted by atomic mass is 9.71. The average molecular weight is 243 g/mol. The first-order valence-corrected chi connectivity index (χ1v) is 5.69. The SMILES string of the molecule is CC1(C)OCC(CC=O)(C(C)(C)C)N1C(=O)O. The van der Waals surface area contributed by atoms with E-state index in [1.54, 1.807) is 13.8 Å². The third kappa shape index (κ3) is 2.04. The molecule has 1 unspecified atom stereocenters. The number of aldehydes is 1. The molecule has 0 bridgehead atoms. The minimum atomic E-state index is -1.05. The first-order chi connectivity index (χ1) is 7.58. The van der Waals surface area contributed by atoms with Gasteiger partial charge in [-0.05, 0) is 19.3 Å². The molecule has 1 atom stereocenters. The maximum Gasteiger partial charge on any atom is 0.410 e. The molecule has 1 amide bonds. The molecule has 98 valence electrons. The van der Waals surface area contributed by atoms with Crippen LogP contribution >= 0.6 is 0 Å². The highest BCUT2D eigenvalue weighted by Gasteiger charge is 2.59. The number of amides is 1. The first kappa shape index (κ1) is 14.0. The molecule has 5 nitrogen and oxygen atoms in total. The van der Waals surface area contributed by atoms with Crippen LogP contribution in [-0.4, -0.2) is 40.3 Å². The lowest BCUT2D eigenvalue weighted by Crippen LogP contribution is -2.61. The molecule has 0 saturated carbocycles. The van der Waals surface area contributed by atoms with Gasteiger partial charge in [-0.1, -0.05) is 20.8 Å². The Morgan fingerprint density at radius 1 is 1.47 bits per heavy atom. The Hall–Kier alpha value is -1.10. The molecule has 1 fully saturated rings. The summed E-state index contributed by atoms with van der Waals surface area (Å²) >= 11 is 0. The van der Waals surface area contributed by atoms with Crippen molar-refractivity contribution in [2.75, 3.05) is 6.61 Å². The van der Waals surface area contributed by atoms with E-state index in [0.29, 0.717) is 0 Å². The normalized spacial score (nSPS) is 28.2. The Bertz CT molecular complexity index is 332. The van der Waals surface area contributed by atoms with E-state index in [1.807, 2.05) is 20.8 Å². The molecule has 0 aromatic heterocycles. The van der Waals surface area contributed by atoms with Gasteiger partial charge in [0, 0.05) is 6.42 Å². The molecule has 1 saturated heterocycles. The van der Waals surface area contributed by atoms with Crippen LogP contribution < -0.4 is 0 Å². The van der Waals surface area contributed by atoms with Crippen molar-refractivity contribution >= 4 is 12.4 Å². The summed E-state index contributed by atoms with van der Waals surface area (Å²) in [4.78, 5) is 23.7. The van der Waals surface area contributed by atoms with Gasteiger partial charge in [0.25, 0.3) is 0 Å². The van der Waals surface area contributed by atoms with Crippen LogP contribution in [0.1, 0.15) is 41.0 Å². The number of rotatable bonds is 2. The van der Waals surface area contributed by atoms with Crippen molar-refractivity contribution < 1.29 is 19.4 Å². The summed E-state index contributed by atoms with van der Waals surface area (Å²) < 4.78 is 5.60. The fourth-order valence-corrected chi connectivity index (χ4v) is 2.50. The average Bonchev–Trinajstić information content (AvgIpc) is 2.38. The fourth-order valence-electron chi connectivity index (χ4n) is 2.50. The number of carboxylic acid groups (broad SMARTS) is 1. The maximum absolute atomic E-state index is 11.5. The van der Waals surface area contributed by atoms with Crippen LogP contribution in [0.3, 0.4) is 0 Å². The minimum Gasteiger partial charge on any atom is -0.465 e. The number of nitrogens with zero attached hydrogens (tertiary/aromatic N) is 1. The Morgan fingerprint density at radius 2 is 2.00 bits per heavy atom. The monoisotopic (exact) mass is 243 g/mol. The molecule has 1 heterocycles. The molecule has 1 N–H and O–H groups in total. The molecule has 0 spiro atoms. The molecule has 1 aliphatic heterocycles. The van der Waals surface area contributed by atoms with Gasteiger partial charge in [0.2, 0.25) is 0 Å². The molecule has 0 radical (unpaired) electrons. The van der Waals surface area contributed by atoms with Gasteiger partial charge >= 0.3 is 6.09 Å². The number of hydrogen-bond donors (Lipinski definition) is 1. The highest BCUT2D eigenvalue weighted by molar-refractivity contribution is 5.69. The van der Waals surface area contributed by atoms with Gasteiger partial charge in [0.05, 0.1) is 12.1 Å². The van der Waals surface area contributed by atoms with E-state index in [2.05, 4.69) is 0 Å². The zero-order valence-corrected chi connectivity index (χ0v) is 11.1. The lowest BCUT2D eigenvalue weighted by molar-refractivity contribution is -0.112. The van der Waals surface area contributed by atoms with Crippen molar-refractivity contribution in [3.8, 4) is 0 Å². The molecule has 0 aromatic rings. The van der Waals surface area contributed by atoms with Crippen LogP contribution in [0.5, 0.6) is 0 Å². The summed E-state index contributed by atoms with van der Waals surface area (Å²) in [5.41, 5.74) is -2.08. The fraction of sp³-hybridized carbons (Fsp3) is 0.833. The van der Waals surface area contributed by atoms with Gasteiger partial charge in [-0.25, -0.2) is 4.79 Å². The summed E-state index contributed by atoms with van der Waals surface area (Å²) in [5, 5.41) is 9.40. The van der Waals surface area contributed by atoms with Gasteiger partial charge in [-0.2, -0.15) is 0 Å². The Labute approximate surface area is 102 Å². The van der Waals surface area contributed by atoms with Crippen molar-refractivity contribution in [1.82, 2.24) is 4.90 Å². The smallest absolute Gasteiger partial charge is 0.410 e. The van der Waals surface area contributed by atoms with E-state index in [-0.39, 0.29) is 18.4 Å². The number of carbonyl (C=O) groups is 2. The van der Waals surface area contributed by atoms with E-state index < -0.39 is 17.4 Å². The van der Waals surface area contributed by atoms with E-state index in [1.165, 1.54) is 4.90 Å². The second-order valence-electron chi connectivity index (χ2n) is 6.01. The Balaban J connectivity index is 3.31. The lowest BCUT2D eigenvalue weighted by Gasteiger charge is -2.47.